The van der Waals surface area contributed by atoms with Gasteiger partial charge in [0.25, 0.3) is 0 Å². The molecule has 0 unspecified atom stereocenters. The number of carbonyl (C=O) groups excluding carboxylic acids is 2. The highest BCUT2D eigenvalue weighted by molar-refractivity contribution is 5.84. The summed E-state index contributed by atoms with van der Waals surface area (Å²) in [5, 5.41) is 8.96. The van der Waals surface area contributed by atoms with Gasteiger partial charge in [-0.1, -0.05) is 18.2 Å². The van der Waals surface area contributed by atoms with Crippen LogP contribution in [-0.2, 0) is 9.59 Å². The summed E-state index contributed by atoms with van der Waals surface area (Å²) in [4.78, 5) is 22.6. The van der Waals surface area contributed by atoms with Crippen molar-refractivity contribution in [2.24, 2.45) is 11.7 Å². The van der Waals surface area contributed by atoms with Crippen LogP contribution in [0.5, 0.6) is 5.75 Å². The number of amides is 1. The first-order chi connectivity index (χ1) is 8.13. The summed E-state index contributed by atoms with van der Waals surface area (Å²) in [6, 6.07) is 8.71. The number of fused-ring (bicyclic) bond motifs is 1. The maximum atomic E-state index is 11.4. The number of rotatable bonds is 2. The van der Waals surface area contributed by atoms with Crippen molar-refractivity contribution in [1.82, 2.24) is 0 Å². The molecule has 86 valence electrons. The third kappa shape index (κ3) is 1.97. The topological polar surface area (TPSA) is 93.2 Å². The standard InChI is InChI=1S/C12H10N2O3/c13-6-9(12(14)16)8-5-11(15)17-10-4-2-1-3-7(8)10/h1-4,8-9H,5H2,(H2,14,16)/t8-,9-/m0/s1. The molecule has 1 aliphatic heterocycles. The van der Waals surface area contributed by atoms with E-state index in [4.69, 9.17) is 15.7 Å². The van der Waals surface area contributed by atoms with E-state index in [9.17, 15) is 9.59 Å². The Bertz CT molecular complexity index is 519. The molecule has 2 rings (SSSR count). The number of para-hydroxylation sites is 1. The van der Waals surface area contributed by atoms with Gasteiger partial charge in [-0.05, 0) is 6.07 Å². The lowest BCUT2D eigenvalue weighted by molar-refractivity contribution is -0.136. The minimum Gasteiger partial charge on any atom is -0.426 e. The van der Waals surface area contributed by atoms with E-state index in [2.05, 4.69) is 0 Å². The molecule has 5 nitrogen and oxygen atoms in total. The highest BCUT2D eigenvalue weighted by atomic mass is 16.5. The van der Waals surface area contributed by atoms with Crippen LogP contribution in [0, 0.1) is 17.2 Å². The smallest absolute Gasteiger partial charge is 0.311 e. The van der Waals surface area contributed by atoms with E-state index in [-0.39, 0.29) is 6.42 Å². The molecule has 0 aromatic heterocycles. The van der Waals surface area contributed by atoms with Crippen LogP contribution in [0.1, 0.15) is 17.9 Å². The Labute approximate surface area is 97.8 Å². The number of primary amides is 1. The number of hydrogen-bond donors (Lipinski definition) is 1. The molecule has 1 aliphatic rings. The normalized spacial score (nSPS) is 19.7. The van der Waals surface area contributed by atoms with Gasteiger partial charge in [-0.3, -0.25) is 9.59 Å². The molecule has 1 heterocycles. The number of ether oxygens (including phenoxy) is 1. The highest BCUT2D eigenvalue weighted by Crippen LogP contribution is 2.38. The van der Waals surface area contributed by atoms with Crippen LogP contribution in [-0.4, -0.2) is 11.9 Å². The van der Waals surface area contributed by atoms with Gasteiger partial charge in [-0.15, -0.1) is 0 Å². The van der Waals surface area contributed by atoms with Crippen molar-refractivity contribution in [3.8, 4) is 11.8 Å². The molecule has 2 N–H and O–H groups in total. The van der Waals surface area contributed by atoms with E-state index in [0.29, 0.717) is 11.3 Å². The van der Waals surface area contributed by atoms with Gasteiger partial charge in [-0.2, -0.15) is 5.26 Å². The summed E-state index contributed by atoms with van der Waals surface area (Å²) in [5.74, 6) is -2.30. The van der Waals surface area contributed by atoms with Crippen LogP contribution in [0.2, 0.25) is 0 Å². The Hall–Kier alpha value is -2.35. The zero-order valence-electron chi connectivity index (χ0n) is 8.92. The molecular weight excluding hydrogens is 220 g/mol. The fourth-order valence-corrected chi connectivity index (χ4v) is 1.98. The molecule has 17 heavy (non-hydrogen) atoms. The highest BCUT2D eigenvalue weighted by Gasteiger charge is 2.35. The fraction of sp³-hybridized carbons (Fsp3) is 0.250. The van der Waals surface area contributed by atoms with E-state index >= 15 is 0 Å². The summed E-state index contributed by atoms with van der Waals surface area (Å²) in [6.45, 7) is 0. The van der Waals surface area contributed by atoms with Crippen LogP contribution in [0.15, 0.2) is 24.3 Å². The Kier molecular flexibility index (Phi) is 2.79. The van der Waals surface area contributed by atoms with Crippen molar-refractivity contribution >= 4 is 11.9 Å². The maximum absolute atomic E-state index is 11.4. The fourth-order valence-electron chi connectivity index (χ4n) is 1.98. The SMILES string of the molecule is N#C[C@H](C(N)=O)[C@H]1CC(=O)Oc2ccccc21. The van der Waals surface area contributed by atoms with Crippen molar-refractivity contribution in [3.63, 3.8) is 0 Å². The molecule has 5 heteroatoms. The Morgan fingerprint density at radius 2 is 2.24 bits per heavy atom. The molecule has 1 aromatic rings. The van der Waals surface area contributed by atoms with Crippen LogP contribution in [0.3, 0.4) is 0 Å². The minimum absolute atomic E-state index is 0.00181. The van der Waals surface area contributed by atoms with Crippen LogP contribution < -0.4 is 10.5 Å². The first-order valence-electron chi connectivity index (χ1n) is 5.12. The second-order valence-electron chi connectivity index (χ2n) is 3.83. The molecule has 2 atom stereocenters. The quantitative estimate of drug-likeness (QED) is 0.597. The summed E-state index contributed by atoms with van der Waals surface area (Å²) in [7, 11) is 0. The predicted molar refractivity (Wildman–Crippen MR) is 57.7 cm³/mol. The predicted octanol–water partition coefficient (Wildman–Crippen LogP) is 0.704. The number of carbonyl (C=O) groups is 2. The average Bonchev–Trinajstić information content (AvgIpc) is 2.29. The van der Waals surface area contributed by atoms with E-state index in [1.54, 1.807) is 24.3 Å². The van der Waals surface area contributed by atoms with Gasteiger partial charge in [0.1, 0.15) is 11.7 Å². The number of hydrogen-bond acceptors (Lipinski definition) is 4. The third-order valence-electron chi connectivity index (χ3n) is 2.78. The zero-order valence-corrected chi connectivity index (χ0v) is 8.92. The average molecular weight is 230 g/mol. The molecule has 0 radical (unpaired) electrons. The molecule has 0 bridgehead atoms. The van der Waals surface area contributed by atoms with Gasteiger partial charge in [0.05, 0.1) is 12.5 Å². The van der Waals surface area contributed by atoms with Gasteiger partial charge >= 0.3 is 5.97 Å². The van der Waals surface area contributed by atoms with E-state index in [1.807, 2.05) is 6.07 Å². The first-order valence-corrected chi connectivity index (χ1v) is 5.12. The molecule has 1 amide bonds. The number of nitrogens with zero attached hydrogens (tertiary/aromatic N) is 1. The largest absolute Gasteiger partial charge is 0.426 e. The first kappa shape index (κ1) is 11.1. The lowest BCUT2D eigenvalue weighted by Gasteiger charge is -2.25. The lowest BCUT2D eigenvalue weighted by Crippen LogP contribution is -2.32. The molecule has 0 fully saturated rings. The van der Waals surface area contributed by atoms with Gasteiger partial charge in [0.15, 0.2) is 0 Å². The second-order valence-corrected chi connectivity index (χ2v) is 3.83. The Morgan fingerprint density at radius 1 is 1.53 bits per heavy atom. The maximum Gasteiger partial charge on any atom is 0.311 e. The molecule has 0 spiro atoms. The molecular formula is C12H10N2O3. The summed E-state index contributed by atoms with van der Waals surface area (Å²) >= 11 is 0. The van der Waals surface area contributed by atoms with Gasteiger partial charge < -0.3 is 10.5 Å². The summed E-state index contributed by atoms with van der Waals surface area (Å²) in [6.07, 6.45) is -0.00181. The van der Waals surface area contributed by atoms with Gasteiger partial charge in [0, 0.05) is 11.5 Å². The van der Waals surface area contributed by atoms with E-state index in [1.165, 1.54) is 0 Å². The third-order valence-corrected chi connectivity index (χ3v) is 2.78. The minimum atomic E-state index is -1.01. The number of nitriles is 1. The van der Waals surface area contributed by atoms with Crippen LogP contribution in [0.25, 0.3) is 0 Å². The van der Waals surface area contributed by atoms with Crippen LogP contribution in [0.4, 0.5) is 0 Å². The zero-order chi connectivity index (χ0) is 12.4. The lowest BCUT2D eigenvalue weighted by atomic mass is 9.82. The summed E-state index contributed by atoms with van der Waals surface area (Å²) < 4.78 is 5.04. The van der Waals surface area contributed by atoms with E-state index < -0.39 is 23.7 Å². The van der Waals surface area contributed by atoms with Gasteiger partial charge in [0.2, 0.25) is 5.91 Å². The van der Waals surface area contributed by atoms with Gasteiger partial charge in [-0.25, -0.2) is 0 Å². The Morgan fingerprint density at radius 3 is 2.88 bits per heavy atom. The van der Waals surface area contributed by atoms with Crippen molar-refractivity contribution in [2.45, 2.75) is 12.3 Å². The molecule has 1 aromatic carbocycles. The van der Waals surface area contributed by atoms with Crippen molar-refractivity contribution < 1.29 is 14.3 Å². The summed E-state index contributed by atoms with van der Waals surface area (Å²) in [5.41, 5.74) is 5.85. The number of benzene rings is 1. The van der Waals surface area contributed by atoms with Crippen molar-refractivity contribution in [3.05, 3.63) is 29.8 Å². The van der Waals surface area contributed by atoms with Crippen molar-refractivity contribution in [1.29, 1.82) is 5.26 Å². The Balaban J connectivity index is 2.46. The molecule has 0 saturated carbocycles. The number of nitrogens with two attached hydrogens (primary N) is 1. The molecule has 0 aliphatic carbocycles. The van der Waals surface area contributed by atoms with Crippen LogP contribution >= 0.6 is 0 Å². The van der Waals surface area contributed by atoms with Crippen molar-refractivity contribution in [2.75, 3.05) is 0 Å². The number of esters is 1. The monoisotopic (exact) mass is 230 g/mol. The van der Waals surface area contributed by atoms with E-state index in [0.717, 1.165) is 0 Å². The second kappa shape index (κ2) is 4.26. The molecule has 0 saturated heterocycles.